The zero-order valence-corrected chi connectivity index (χ0v) is 13.4. The van der Waals surface area contributed by atoms with Gasteiger partial charge in [0.1, 0.15) is 0 Å². The summed E-state index contributed by atoms with van der Waals surface area (Å²) in [6.45, 7) is 1.80. The number of nitrogens with one attached hydrogen (secondary N) is 3. The average molecular weight is 304 g/mol. The Kier molecular flexibility index (Phi) is 7.91. The van der Waals surface area contributed by atoms with Crippen LogP contribution in [0.2, 0.25) is 0 Å². The Bertz CT molecular complexity index is 389. The molecule has 0 aliphatic heterocycles. The quantitative estimate of drug-likeness (QED) is 0.350. The van der Waals surface area contributed by atoms with E-state index in [9.17, 15) is 8.42 Å². The molecule has 1 saturated carbocycles. The topological polar surface area (TPSA) is 82.6 Å². The van der Waals surface area contributed by atoms with Crippen molar-refractivity contribution in [3.05, 3.63) is 0 Å². The van der Waals surface area contributed by atoms with Gasteiger partial charge in [0, 0.05) is 26.7 Å². The molecule has 0 heterocycles. The van der Waals surface area contributed by atoms with Crippen molar-refractivity contribution >= 4 is 16.0 Å². The molecule has 0 aromatic rings. The standard InChI is InChI=1S/C13H28N4O2S/c1-14-13(16-10-11-17-20(2,18)19)15-9-5-8-12-6-3-4-7-12/h12,17H,3-11H2,1-2H3,(H2,14,15,16). The summed E-state index contributed by atoms with van der Waals surface area (Å²) < 4.78 is 24.2. The summed E-state index contributed by atoms with van der Waals surface area (Å²) in [6.07, 6.45) is 9.19. The van der Waals surface area contributed by atoms with Crippen molar-refractivity contribution in [2.24, 2.45) is 10.9 Å². The molecule has 0 aromatic heterocycles. The molecule has 0 bridgehead atoms. The average Bonchev–Trinajstić information content (AvgIpc) is 2.88. The lowest BCUT2D eigenvalue weighted by Crippen LogP contribution is -2.41. The van der Waals surface area contributed by atoms with Gasteiger partial charge in [-0.2, -0.15) is 0 Å². The van der Waals surface area contributed by atoms with E-state index < -0.39 is 10.0 Å². The summed E-state index contributed by atoms with van der Waals surface area (Å²) in [4.78, 5) is 4.11. The van der Waals surface area contributed by atoms with Gasteiger partial charge in [-0.3, -0.25) is 4.99 Å². The van der Waals surface area contributed by atoms with Gasteiger partial charge in [0.2, 0.25) is 10.0 Å². The SMILES string of the molecule is CN=C(NCCCC1CCCC1)NCCNS(C)(=O)=O. The van der Waals surface area contributed by atoms with Gasteiger partial charge in [-0.25, -0.2) is 13.1 Å². The molecule has 6 nitrogen and oxygen atoms in total. The fourth-order valence-corrected chi connectivity index (χ4v) is 3.01. The fourth-order valence-electron chi connectivity index (χ4n) is 2.53. The van der Waals surface area contributed by atoms with Crippen LogP contribution < -0.4 is 15.4 Å². The van der Waals surface area contributed by atoms with E-state index in [-0.39, 0.29) is 0 Å². The van der Waals surface area contributed by atoms with E-state index >= 15 is 0 Å². The summed E-state index contributed by atoms with van der Waals surface area (Å²) in [6, 6.07) is 0. The molecular formula is C13H28N4O2S. The molecule has 118 valence electrons. The first-order valence-electron chi connectivity index (χ1n) is 7.40. The van der Waals surface area contributed by atoms with Gasteiger partial charge in [-0.1, -0.05) is 25.7 Å². The molecule has 0 unspecified atom stereocenters. The molecule has 1 rings (SSSR count). The number of rotatable bonds is 8. The number of guanidine groups is 1. The molecule has 3 N–H and O–H groups in total. The first kappa shape index (κ1) is 17.2. The summed E-state index contributed by atoms with van der Waals surface area (Å²) in [5.41, 5.74) is 0. The van der Waals surface area contributed by atoms with Crippen LogP contribution in [0.4, 0.5) is 0 Å². The summed E-state index contributed by atoms with van der Waals surface area (Å²) >= 11 is 0. The number of sulfonamides is 1. The van der Waals surface area contributed by atoms with E-state index in [4.69, 9.17) is 0 Å². The molecule has 1 aliphatic carbocycles. The lowest BCUT2D eigenvalue weighted by Gasteiger charge is -2.13. The van der Waals surface area contributed by atoms with E-state index in [1.165, 1.54) is 32.1 Å². The lowest BCUT2D eigenvalue weighted by atomic mass is 10.0. The third-order valence-electron chi connectivity index (χ3n) is 3.56. The van der Waals surface area contributed by atoms with Crippen LogP contribution in [0.5, 0.6) is 0 Å². The minimum absolute atomic E-state index is 0.363. The molecule has 7 heteroatoms. The third kappa shape index (κ3) is 8.37. The van der Waals surface area contributed by atoms with Gasteiger partial charge < -0.3 is 10.6 Å². The van der Waals surface area contributed by atoms with Gasteiger partial charge in [-0.05, 0) is 18.8 Å². The van der Waals surface area contributed by atoms with Crippen molar-refractivity contribution in [3.8, 4) is 0 Å². The normalized spacial score (nSPS) is 17.4. The predicted octanol–water partition coefficient (Wildman–Crippen LogP) is 0.671. The molecule has 0 radical (unpaired) electrons. The van der Waals surface area contributed by atoms with Gasteiger partial charge in [0.15, 0.2) is 5.96 Å². The largest absolute Gasteiger partial charge is 0.356 e. The van der Waals surface area contributed by atoms with Crippen molar-refractivity contribution in [1.29, 1.82) is 0 Å². The second-order valence-corrected chi connectivity index (χ2v) is 7.22. The van der Waals surface area contributed by atoms with Gasteiger partial charge in [0.25, 0.3) is 0 Å². The Hall–Kier alpha value is -0.820. The van der Waals surface area contributed by atoms with Crippen LogP contribution in [-0.4, -0.2) is 47.3 Å². The fraction of sp³-hybridized carbons (Fsp3) is 0.923. The number of hydrogen-bond donors (Lipinski definition) is 3. The van der Waals surface area contributed by atoms with Crippen molar-refractivity contribution in [3.63, 3.8) is 0 Å². The second kappa shape index (κ2) is 9.18. The van der Waals surface area contributed by atoms with Crippen molar-refractivity contribution < 1.29 is 8.42 Å². The van der Waals surface area contributed by atoms with E-state index in [1.54, 1.807) is 7.05 Å². The van der Waals surface area contributed by atoms with Crippen LogP contribution >= 0.6 is 0 Å². The van der Waals surface area contributed by atoms with E-state index in [0.717, 1.165) is 31.1 Å². The minimum Gasteiger partial charge on any atom is -0.356 e. The van der Waals surface area contributed by atoms with E-state index in [1.807, 2.05) is 0 Å². The molecule has 1 fully saturated rings. The first-order chi connectivity index (χ1) is 9.51. The van der Waals surface area contributed by atoms with Crippen LogP contribution in [0.25, 0.3) is 0 Å². The molecule has 0 spiro atoms. The Labute approximate surface area is 122 Å². The molecule has 0 saturated heterocycles. The maximum atomic E-state index is 10.9. The molecule has 20 heavy (non-hydrogen) atoms. The predicted molar refractivity (Wildman–Crippen MR) is 83.4 cm³/mol. The highest BCUT2D eigenvalue weighted by Crippen LogP contribution is 2.28. The highest BCUT2D eigenvalue weighted by Gasteiger charge is 2.13. The first-order valence-corrected chi connectivity index (χ1v) is 9.29. The highest BCUT2D eigenvalue weighted by atomic mass is 32.2. The lowest BCUT2D eigenvalue weighted by molar-refractivity contribution is 0.481. The van der Waals surface area contributed by atoms with Gasteiger partial charge in [-0.15, -0.1) is 0 Å². The molecule has 0 atom stereocenters. The summed E-state index contributed by atoms with van der Waals surface area (Å²) in [5.74, 6) is 1.65. The summed E-state index contributed by atoms with van der Waals surface area (Å²) in [5, 5.41) is 6.34. The van der Waals surface area contributed by atoms with Crippen LogP contribution in [0.15, 0.2) is 4.99 Å². The zero-order chi connectivity index (χ0) is 14.8. The number of hydrogen-bond acceptors (Lipinski definition) is 3. The summed E-state index contributed by atoms with van der Waals surface area (Å²) in [7, 11) is -1.39. The Morgan fingerprint density at radius 2 is 1.80 bits per heavy atom. The Morgan fingerprint density at radius 3 is 2.40 bits per heavy atom. The Morgan fingerprint density at radius 1 is 1.15 bits per heavy atom. The van der Waals surface area contributed by atoms with Crippen LogP contribution in [0, 0.1) is 5.92 Å². The molecule has 0 amide bonds. The van der Waals surface area contributed by atoms with Gasteiger partial charge in [0.05, 0.1) is 6.26 Å². The van der Waals surface area contributed by atoms with E-state index in [2.05, 4.69) is 20.3 Å². The maximum absolute atomic E-state index is 10.9. The maximum Gasteiger partial charge on any atom is 0.208 e. The minimum atomic E-state index is -3.11. The third-order valence-corrected chi connectivity index (χ3v) is 4.29. The van der Waals surface area contributed by atoms with Crippen molar-refractivity contribution in [2.45, 2.75) is 38.5 Å². The van der Waals surface area contributed by atoms with Crippen LogP contribution in [-0.2, 0) is 10.0 Å². The second-order valence-electron chi connectivity index (χ2n) is 5.38. The molecule has 0 aromatic carbocycles. The van der Waals surface area contributed by atoms with Gasteiger partial charge >= 0.3 is 0 Å². The van der Waals surface area contributed by atoms with Crippen LogP contribution in [0.1, 0.15) is 38.5 Å². The number of aliphatic imine (C=N–C) groups is 1. The Balaban J connectivity index is 2.04. The van der Waals surface area contributed by atoms with Crippen molar-refractivity contribution in [2.75, 3.05) is 32.9 Å². The molecule has 1 aliphatic rings. The van der Waals surface area contributed by atoms with E-state index in [0.29, 0.717) is 13.1 Å². The zero-order valence-electron chi connectivity index (χ0n) is 12.6. The number of nitrogens with zero attached hydrogens (tertiary/aromatic N) is 1. The van der Waals surface area contributed by atoms with Crippen molar-refractivity contribution in [1.82, 2.24) is 15.4 Å². The van der Waals surface area contributed by atoms with Crippen LogP contribution in [0.3, 0.4) is 0 Å². The molecular weight excluding hydrogens is 276 g/mol. The smallest absolute Gasteiger partial charge is 0.208 e. The monoisotopic (exact) mass is 304 g/mol. The highest BCUT2D eigenvalue weighted by molar-refractivity contribution is 7.88.